The van der Waals surface area contributed by atoms with E-state index >= 15 is 0 Å². The third-order valence-corrected chi connectivity index (χ3v) is 4.90. The lowest BCUT2D eigenvalue weighted by atomic mass is 10.2. The third kappa shape index (κ3) is 5.10. The van der Waals surface area contributed by atoms with E-state index < -0.39 is 10.0 Å². The van der Waals surface area contributed by atoms with Crippen LogP contribution in [0.4, 0.5) is 0 Å². The van der Waals surface area contributed by atoms with Gasteiger partial charge in [-0.1, -0.05) is 0 Å². The molecule has 122 valence electrons. The first-order valence-electron chi connectivity index (χ1n) is 7.25. The van der Waals surface area contributed by atoms with Gasteiger partial charge in [-0.2, -0.15) is 0 Å². The highest BCUT2D eigenvalue weighted by molar-refractivity contribution is 7.89. The van der Waals surface area contributed by atoms with E-state index in [9.17, 15) is 8.42 Å². The molecule has 3 N–H and O–H groups in total. The van der Waals surface area contributed by atoms with Gasteiger partial charge in [0.05, 0.1) is 4.90 Å². The summed E-state index contributed by atoms with van der Waals surface area (Å²) in [6.45, 7) is 7.05. The average Bonchev–Trinajstić information content (AvgIpc) is 2.80. The zero-order valence-electron chi connectivity index (χ0n) is 13.6. The Balaban J connectivity index is 2.88. The average molecular weight is 316 g/mol. The number of nitrogens with zero attached hydrogens (tertiary/aromatic N) is 2. The normalized spacial score (nSPS) is 14.1. The first kappa shape index (κ1) is 18.2. The van der Waals surface area contributed by atoms with Crippen LogP contribution in [-0.4, -0.2) is 44.6 Å². The molecule has 0 aliphatic heterocycles. The molecule has 0 aliphatic rings. The molecule has 0 fully saturated rings. The topological polar surface area (TPSA) is 80.4 Å². The molecule has 1 aromatic heterocycles. The number of nitrogens with two attached hydrogens (primary N) is 1. The predicted octanol–water partition coefficient (Wildman–Crippen LogP) is 1.15. The Morgan fingerprint density at radius 3 is 2.38 bits per heavy atom. The van der Waals surface area contributed by atoms with Crippen LogP contribution in [0.2, 0.25) is 0 Å². The van der Waals surface area contributed by atoms with Gasteiger partial charge in [0, 0.05) is 30.5 Å². The van der Waals surface area contributed by atoms with E-state index in [0.29, 0.717) is 6.54 Å². The van der Waals surface area contributed by atoms with Gasteiger partial charge >= 0.3 is 0 Å². The van der Waals surface area contributed by atoms with Crippen molar-refractivity contribution in [3.05, 3.63) is 18.0 Å². The third-order valence-electron chi connectivity index (χ3n) is 3.35. The van der Waals surface area contributed by atoms with Gasteiger partial charge in [-0.3, -0.25) is 0 Å². The van der Waals surface area contributed by atoms with Crippen molar-refractivity contribution >= 4 is 10.0 Å². The van der Waals surface area contributed by atoms with Crippen LogP contribution in [0.15, 0.2) is 17.2 Å². The number of sulfonamides is 1. The highest BCUT2D eigenvalue weighted by Crippen LogP contribution is 2.19. The van der Waals surface area contributed by atoms with Crippen LogP contribution in [0, 0.1) is 0 Å². The second kappa shape index (κ2) is 7.40. The molecule has 21 heavy (non-hydrogen) atoms. The summed E-state index contributed by atoms with van der Waals surface area (Å²) >= 11 is 0. The van der Waals surface area contributed by atoms with Crippen LogP contribution in [-0.2, 0) is 16.6 Å². The highest BCUT2D eigenvalue weighted by Gasteiger charge is 2.21. The number of rotatable bonds is 8. The van der Waals surface area contributed by atoms with Crippen LogP contribution in [0.25, 0.3) is 0 Å². The van der Waals surface area contributed by atoms with Crippen LogP contribution < -0.4 is 10.5 Å². The fourth-order valence-corrected chi connectivity index (χ4v) is 3.46. The van der Waals surface area contributed by atoms with Gasteiger partial charge in [0.25, 0.3) is 0 Å². The Morgan fingerprint density at radius 1 is 1.33 bits per heavy atom. The second-order valence-corrected chi connectivity index (χ2v) is 7.70. The number of hydrogen-bond acceptors (Lipinski definition) is 4. The molecule has 0 aromatic carbocycles. The van der Waals surface area contributed by atoms with Gasteiger partial charge in [-0.25, -0.2) is 13.1 Å². The Hall–Kier alpha value is -0.890. The summed E-state index contributed by atoms with van der Waals surface area (Å²) in [7, 11) is 0.442. The fourth-order valence-electron chi connectivity index (χ4n) is 2.13. The molecule has 0 amide bonds. The zero-order valence-corrected chi connectivity index (χ0v) is 14.4. The monoisotopic (exact) mass is 316 g/mol. The summed E-state index contributed by atoms with van der Waals surface area (Å²) in [6.07, 6.45) is 2.43. The van der Waals surface area contributed by atoms with Crippen molar-refractivity contribution in [3.63, 3.8) is 0 Å². The van der Waals surface area contributed by atoms with Crippen molar-refractivity contribution in [2.24, 2.45) is 5.73 Å². The summed E-state index contributed by atoms with van der Waals surface area (Å²) in [4.78, 5) is 2.32. The first-order chi connectivity index (χ1) is 9.67. The van der Waals surface area contributed by atoms with Gasteiger partial charge in [-0.05, 0) is 53.9 Å². The maximum absolute atomic E-state index is 12.4. The van der Waals surface area contributed by atoms with Gasteiger partial charge in [0.15, 0.2) is 0 Å². The largest absolute Gasteiger partial charge is 0.346 e. The Labute approximate surface area is 128 Å². The molecule has 0 aliphatic carbocycles. The van der Waals surface area contributed by atoms with Crippen LogP contribution in [0.5, 0.6) is 0 Å². The Morgan fingerprint density at radius 2 is 1.95 bits per heavy atom. The van der Waals surface area contributed by atoms with E-state index in [1.54, 1.807) is 12.3 Å². The predicted molar refractivity (Wildman–Crippen MR) is 85.7 cm³/mol. The molecule has 0 saturated heterocycles. The second-order valence-electron chi connectivity index (χ2n) is 5.99. The molecular formula is C14H28N4O2S. The quantitative estimate of drug-likeness (QED) is 0.754. The van der Waals surface area contributed by atoms with Crippen molar-refractivity contribution in [2.45, 2.75) is 50.7 Å². The summed E-state index contributed by atoms with van der Waals surface area (Å²) in [5.74, 6) is 0. The zero-order chi connectivity index (χ0) is 16.2. The Kier molecular flexibility index (Phi) is 6.40. The maximum Gasteiger partial charge on any atom is 0.242 e. The molecule has 0 bridgehead atoms. The molecule has 1 unspecified atom stereocenters. The van der Waals surface area contributed by atoms with E-state index in [1.165, 1.54) is 0 Å². The summed E-state index contributed by atoms with van der Waals surface area (Å²) in [6, 6.07) is 1.72. The van der Waals surface area contributed by atoms with E-state index in [2.05, 4.69) is 4.72 Å². The number of hydrogen-bond donors (Lipinski definition) is 2. The standard InChI is InChI=1S/C14H28N4O2S/c1-11(2)18-10-14(8-13(18)9-15)21(19,20)16-12(3)6-7-17(4)5/h8,10-12,16H,6-7,9,15H2,1-5H3. The van der Waals surface area contributed by atoms with Gasteiger partial charge in [-0.15, -0.1) is 0 Å². The molecule has 1 rings (SSSR count). The lowest BCUT2D eigenvalue weighted by molar-refractivity contribution is 0.379. The van der Waals surface area contributed by atoms with Gasteiger partial charge < -0.3 is 15.2 Å². The smallest absolute Gasteiger partial charge is 0.242 e. The summed E-state index contributed by atoms with van der Waals surface area (Å²) in [5, 5.41) is 0. The molecule has 0 saturated carbocycles. The number of aromatic nitrogens is 1. The lowest BCUT2D eigenvalue weighted by Gasteiger charge is -2.16. The van der Waals surface area contributed by atoms with Crippen molar-refractivity contribution in [1.82, 2.24) is 14.2 Å². The highest BCUT2D eigenvalue weighted by atomic mass is 32.2. The molecule has 1 atom stereocenters. The van der Waals surface area contributed by atoms with Crippen molar-refractivity contribution < 1.29 is 8.42 Å². The minimum atomic E-state index is -3.50. The first-order valence-corrected chi connectivity index (χ1v) is 8.73. The minimum Gasteiger partial charge on any atom is -0.346 e. The van der Waals surface area contributed by atoms with Crippen molar-refractivity contribution in [3.8, 4) is 0 Å². The van der Waals surface area contributed by atoms with Crippen molar-refractivity contribution in [1.29, 1.82) is 0 Å². The molecule has 6 nitrogen and oxygen atoms in total. The summed E-state index contributed by atoms with van der Waals surface area (Å²) < 4.78 is 29.4. The van der Waals surface area contributed by atoms with Crippen molar-refractivity contribution in [2.75, 3.05) is 20.6 Å². The van der Waals surface area contributed by atoms with Crippen LogP contribution >= 0.6 is 0 Å². The SMILES string of the molecule is CC(CCN(C)C)NS(=O)(=O)c1cc(CN)n(C(C)C)c1. The van der Waals surface area contributed by atoms with E-state index in [-0.39, 0.29) is 17.0 Å². The van der Waals surface area contributed by atoms with Gasteiger partial charge in [0.2, 0.25) is 10.0 Å². The molecular weight excluding hydrogens is 288 g/mol. The summed E-state index contributed by atoms with van der Waals surface area (Å²) in [5.41, 5.74) is 6.51. The minimum absolute atomic E-state index is 0.110. The number of nitrogens with one attached hydrogen (secondary N) is 1. The molecule has 1 heterocycles. The van der Waals surface area contributed by atoms with Gasteiger partial charge in [0.1, 0.15) is 0 Å². The van der Waals surface area contributed by atoms with E-state index in [0.717, 1.165) is 18.7 Å². The van der Waals surface area contributed by atoms with E-state index in [1.807, 2.05) is 44.3 Å². The van der Waals surface area contributed by atoms with Crippen LogP contribution in [0.3, 0.4) is 0 Å². The molecule has 0 radical (unpaired) electrons. The van der Waals surface area contributed by atoms with E-state index in [4.69, 9.17) is 5.73 Å². The lowest BCUT2D eigenvalue weighted by Crippen LogP contribution is -2.34. The fraction of sp³-hybridized carbons (Fsp3) is 0.714. The molecule has 1 aromatic rings. The Bertz CT molecular complexity index is 549. The molecule has 7 heteroatoms. The maximum atomic E-state index is 12.4. The molecule has 0 spiro atoms. The van der Waals surface area contributed by atoms with Crippen LogP contribution in [0.1, 0.15) is 38.9 Å².